The van der Waals surface area contributed by atoms with E-state index in [0.717, 1.165) is 24.0 Å². The number of ether oxygens (including phenoxy) is 1. The van der Waals surface area contributed by atoms with Crippen molar-refractivity contribution in [2.24, 2.45) is 0 Å². The summed E-state index contributed by atoms with van der Waals surface area (Å²) in [6.07, 6.45) is 1.34. The van der Waals surface area contributed by atoms with Crippen LogP contribution in [-0.4, -0.2) is 29.5 Å². The van der Waals surface area contributed by atoms with Crippen molar-refractivity contribution in [2.75, 3.05) is 11.8 Å². The molecular weight excluding hydrogens is 261 g/mol. The molecule has 1 amide bonds. The molecule has 0 radical (unpaired) electrons. The van der Waals surface area contributed by atoms with Crippen LogP contribution in [0.4, 0.5) is 4.79 Å². The Hall–Kier alpha value is -0.410. The van der Waals surface area contributed by atoms with Crippen molar-refractivity contribution in [3.05, 3.63) is 11.1 Å². The molecule has 1 N–H and O–H groups in total. The first kappa shape index (κ1) is 14.7. The zero-order valence-corrected chi connectivity index (χ0v) is 12.0. The molecule has 1 rings (SSSR count). The molecule has 0 saturated carbocycles. The lowest BCUT2D eigenvalue weighted by Crippen LogP contribution is -2.39. The van der Waals surface area contributed by atoms with Crippen molar-refractivity contribution in [2.45, 2.75) is 45.3 Å². The number of alkyl halides is 2. The van der Waals surface area contributed by atoms with Crippen LogP contribution < -0.4 is 5.32 Å². The largest absolute Gasteiger partial charge is 0.444 e. The Morgan fingerprint density at radius 2 is 2.06 bits per heavy atom. The average Bonchev–Trinajstić information content (AvgIpc) is 2.56. The van der Waals surface area contributed by atoms with Crippen molar-refractivity contribution in [1.29, 1.82) is 0 Å². The molecule has 0 aromatic heterocycles. The van der Waals surface area contributed by atoms with Crippen molar-refractivity contribution < 1.29 is 9.53 Å². The van der Waals surface area contributed by atoms with Crippen LogP contribution in [-0.2, 0) is 4.74 Å². The van der Waals surface area contributed by atoms with E-state index in [1.807, 2.05) is 20.8 Å². The fourth-order valence-electron chi connectivity index (χ4n) is 1.85. The van der Waals surface area contributed by atoms with E-state index in [0.29, 0.717) is 11.8 Å². The first-order valence-electron chi connectivity index (χ1n) is 5.69. The van der Waals surface area contributed by atoms with Gasteiger partial charge < -0.3 is 10.1 Å². The highest BCUT2D eigenvalue weighted by atomic mass is 35.5. The van der Waals surface area contributed by atoms with Crippen molar-refractivity contribution in [1.82, 2.24) is 5.32 Å². The van der Waals surface area contributed by atoms with E-state index < -0.39 is 11.7 Å². The molecule has 1 aliphatic rings. The summed E-state index contributed by atoms with van der Waals surface area (Å²) in [6, 6.07) is -0.0314. The van der Waals surface area contributed by atoms with Crippen molar-refractivity contribution in [3.8, 4) is 0 Å². The van der Waals surface area contributed by atoms with Gasteiger partial charge in [0.15, 0.2) is 0 Å². The number of nitrogens with one attached hydrogen (secondary N) is 1. The zero-order chi connectivity index (χ0) is 13.1. The smallest absolute Gasteiger partial charge is 0.408 e. The van der Waals surface area contributed by atoms with Crippen LogP contribution in [0.1, 0.15) is 33.6 Å². The normalized spacial score (nSPS) is 20.6. The van der Waals surface area contributed by atoms with Gasteiger partial charge in [0.25, 0.3) is 0 Å². The Morgan fingerprint density at radius 1 is 1.41 bits per heavy atom. The number of allylic oxidation sites excluding steroid dienone is 1. The number of hydrogen-bond donors (Lipinski definition) is 1. The first-order chi connectivity index (χ1) is 7.87. The Labute approximate surface area is 112 Å². The molecule has 3 nitrogen and oxygen atoms in total. The molecule has 0 heterocycles. The number of rotatable bonds is 3. The van der Waals surface area contributed by atoms with Gasteiger partial charge in [0.2, 0.25) is 0 Å². The summed E-state index contributed by atoms with van der Waals surface area (Å²) in [7, 11) is 0. The molecule has 1 unspecified atom stereocenters. The van der Waals surface area contributed by atoms with Gasteiger partial charge in [-0.1, -0.05) is 5.57 Å². The Morgan fingerprint density at radius 3 is 2.53 bits per heavy atom. The molecule has 0 aliphatic heterocycles. The van der Waals surface area contributed by atoms with Crippen molar-refractivity contribution in [3.63, 3.8) is 0 Å². The van der Waals surface area contributed by atoms with Gasteiger partial charge in [-0.15, -0.1) is 23.2 Å². The van der Waals surface area contributed by atoms with E-state index in [1.54, 1.807) is 0 Å². The molecule has 0 aromatic rings. The molecule has 0 saturated heterocycles. The maximum Gasteiger partial charge on any atom is 0.408 e. The minimum Gasteiger partial charge on any atom is -0.444 e. The molecule has 1 aliphatic carbocycles. The molecule has 1 atom stereocenters. The molecule has 0 bridgehead atoms. The highest BCUT2D eigenvalue weighted by molar-refractivity contribution is 6.21. The Bertz CT molecular complexity index is 321. The van der Waals surface area contributed by atoms with E-state index in [-0.39, 0.29) is 6.04 Å². The lowest BCUT2D eigenvalue weighted by Gasteiger charge is -2.22. The number of hydrogen-bond acceptors (Lipinski definition) is 2. The lowest BCUT2D eigenvalue weighted by molar-refractivity contribution is 0.0512. The predicted octanol–water partition coefficient (Wildman–Crippen LogP) is 3.45. The van der Waals surface area contributed by atoms with Gasteiger partial charge in [-0.3, -0.25) is 0 Å². The topological polar surface area (TPSA) is 38.3 Å². The van der Waals surface area contributed by atoms with E-state index in [2.05, 4.69) is 5.32 Å². The van der Waals surface area contributed by atoms with Gasteiger partial charge in [-0.25, -0.2) is 4.79 Å². The maximum absolute atomic E-state index is 11.6. The minimum absolute atomic E-state index is 0.0314. The summed E-state index contributed by atoms with van der Waals surface area (Å²) in [4.78, 5) is 11.6. The number of amides is 1. The van der Waals surface area contributed by atoms with Crippen LogP contribution in [0.2, 0.25) is 0 Å². The average molecular weight is 280 g/mol. The molecule has 5 heteroatoms. The third kappa shape index (κ3) is 4.40. The van der Waals surface area contributed by atoms with Gasteiger partial charge >= 0.3 is 6.09 Å². The van der Waals surface area contributed by atoms with E-state index in [1.165, 1.54) is 0 Å². The molecule has 0 fully saturated rings. The van der Waals surface area contributed by atoms with Crippen LogP contribution in [0.15, 0.2) is 11.1 Å². The predicted molar refractivity (Wildman–Crippen MR) is 70.9 cm³/mol. The highest BCUT2D eigenvalue weighted by Crippen LogP contribution is 2.28. The highest BCUT2D eigenvalue weighted by Gasteiger charge is 2.27. The van der Waals surface area contributed by atoms with Crippen LogP contribution in [0.5, 0.6) is 0 Å². The molecule has 17 heavy (non-hydrogen) atoms. The molecule has 0 aromatic carbocycles. The fraction of sp³-hybridized carbons (Fsp3) is 0.750. The summed E-state index contributed by atoms with van der Waals surface area (Å²) >= 11 is 11.7. The van der Waals surface area contributed by atoms with Crippen LogP contribution in [0.25, 0.3) is 0 Å². The number of carbonyl (C=O) groups is 1. The van der Waals surface area contributed by atoms with Gasteiger partial charge in [0.05, 0.1) is 6.04 Å². The first-order valence-corrected chi connectivity index (χ1v) is 6.76. The number of halogens is 2. The summed E-state index contributed by atoms with van der Waals surface area (Å²) in [5, 5.41) is 2.84. The molecular formula is C12H19Cl2NO2. The SMILES string of the molecule is CC(C)(C)OC(=O)NC1CCC(CCl)=C1CCl. The monoisotopic (exact) mass is 279 g/mol. The fourth-order valence-corrected chi connectivity index (χ4v) is 2.53. The van der Waals surface area contributed by atoms with Gasteiger partial charge in [-0.05, 0) is 39.2 Å². The number of carbonyl (C=O) groups excluding carboxylic acids is 1. The van der Waals surface area contributed by atoms with Crippen molar-refractivity contribution >= 4 is 29.3 Å². The second kappa shape index (κ2) is 5.96. The summed E-state index contributed by atoms with van der Waals surface area (Å²) in [5.74, 6) is 0.886. The maximum atomic E-state index is 11.6. The Balaban J connectivity index is 2.59. The molecule has 98 valence electrons. The summed E-state index contributed by atoms with van der Waals surface area (Å²) in [6.45, 7) is 5.51. The third-order valence-corrected chi connectivity index (χ3v) is 3.22. The second-order valence-corrected chi connectivity index (χ2v) is 5.67. The third-order valence-electron chi connectivity index (χ3n) is 2.61. The van der Waals surface area contributed by atoms with Crippen LogP contribution >= 0.6 is 23.2 Å². The lowest BCUT2D eigenvalue weighted by atomic mass is 10.1. The zero-order valence-electron chi connectivity index (χ0n) is 10.5. The Kier molecular flexibility index (Phi) is 5.14. The summed E-state index contributed by atoms with van der Waals surface area (Å²) in [5.41, 5.74) is 1.69. The molecule has 0 spiro atoms. The van der Waals surface area contributed by atoms with Crippen LogP contribution in [0, 0.1) is 0 Å². The van der Waals surface area contributed by atoms with Gasteiger partial charge in [-0.2, -0.15) is 0 Å². The standard InChI is InChI=1S/C12H19Cl2NO2/c1-12(2,3)17-11(16)15-10-5-4-8(6-13)9(10)7-14/h10H,4-7H2,1-3H3,(H,15,16). The van der Waals surface area contributed by atoms with Crippen LogP contribution in [0.3, 0.4) is 0 Å². The van der Waals surface area contributed by atoms with E-state index >= 15 is 0 Å². The van der Waals surface area contributed by atoms with E-state index in [9.17, 15) is 4.79 Å². The van der Waals surface area contributed by atoms with Gasteiger partial charge in [0.1, 0.15) is 5.60 Å². The second-order valence-electron chi connectivity index (χ2n) is 5.13. The quantitative estimate of drug-likeness (QED) is 0.635. The minimum atomic E-state index is -0.483. The van der Waals surface area contributed by atoms with E-state index in [4.69, 9.17) is 27.9 Å². The summed E-state index contributed by atoms with van der Waals surface area (Å²) < 4.78 is 5.21. The number of alkyl carbamates (subject to hydrolysis) is 1. The van der Waals surface area contributed by atoms with Gasteiger partial charge in [0, 0.05) is 11.8 Å².